The molecule has 4 nitrogen and oxygen atoms in total. The third-order valence-electron chi connectivity index (χ3n) is 4.99. The van der Waals surface area contributed by atoms with E-state index in [4.69, 9.17) is 9.47 Å². The fourth-order valence-corrected chi connectivity index (χ4v) is 5.09. The highest BCUT2D eigenvalue weighted by atomic mass is 28.3. The number of esters is 2. The van der Waals surface area contributed by atoms with Gasteiger partial charge in [-0.1, -0.05) is 43.4 Å². The average Bonchev–Trinajstić information content (AvgIpc) is 2.72. The Kier molecular flexibility index (Phi) is 4.66. The Labute approximate surface area is 133 Å². The Balaban J connectivity index is 2.40. The molecule has 0 radical (unpaired) electrons. The van der Waals surface area contributed by atoms with Gasteiger partial charge < -0.3 is 9.47 Å². The van der Waals surface area contributed by atoms with Gasteiger partial charge in [-0.25, -0.2) is 0 Å². The van der Waals surface area contributed by atoms with Crippen molar-refractivity contribution in [2.24, 2.45) is 11.3 Å². The molecule has 0 aliphatic heterocycles. The number of allylic oxidation sites excluding steroid dienone is 4. The Morgan fingerprint density at radius 2 is 1.77 bits per heavy atom. The van der Waals surface area contributed by atoms with Gasteiger partial charge in [0.2, 0.25) is 0 Å². The van der Waals surface area contributed by atoms with E-state index in [2.05, 4.69) is 37.9 Å². The summed E-state index contributed by atoms with van der Waals surface area (Å²) >= 11 is 0. The lowest BCUT2D eigenvalue weighted by molar-refractivity contribution is -0.168. The maximum Gasteiger partial charge on any atom is 0.323 e. The third kappa shape index (κ3) is 2.91. The second-order valence-electron chi connectivity index (χ2n) is 7.43. The largest absolute Gasteiger partial charge is 0.468 e. The first kappa shape index (κ1) is 17.0. The highest BCUT2D eigenvalue weighted by Gasteiger charge is 2.55. The SMILES string of the molecule is COC(=O)C1(C(=O)OC)CC2=C[C@H]([Si](C)(C)C)CC=C[C@@H]2C1. The molecule has 2 rings (SSSR count). The number of carbonyl (C=O) groups excluding carboxylic acids is 2. The molecule has 0 aromatic rings. The van der Waals surface area contributed by atoms with Crippen LogP contribution in [0.2, 0.25) is 25.2 Å². The summed E-state index contributed by atoms with van der Waals surface area (Å²) in [5.74, 6) is -0.822. The smallest absolute Gasteiger partial charge is 0.323 e. The third-order valence-corrected chi connectivity index (χ3v) is 7.62. The molecule has 1 fully saturated rings. The van der Waals surface area contributed by atoms with Crippen LogP contribution in [0.1, 0.15) is 19.3 Å². The monoisotopic (exact) mass is 322 g/mol. The van der Waals surface area contributed by atoms with Gasteiger partial charge in [0.25, 0.3) is 0 Å². The molecule has 0 aromatic carbocycles. The Morgan fingerprint density at radius 3 is 2.27 bits per heavy atom. The number of carbonyl (C=O) groups is 2. The minimum atomic E-state index is -1.33. The van der Waals surface area contributed by atoms with Crippen LogP contribution in [-0.2, 0) is 19.1 Å². The van der Waals surface area contributed by atoms with Gasteiger partial charge in [-0.3, -0.25) is 9.59 Å². The standard InChI is InChI=1S/C17H26O4Si/c1-20-15(18)17(16(19)21-2)10-12-7-6-8-14(22(3,4)5)9-13(12)11-17/h6-7,9,12,14H,8,10-11H2,1-5H3/t12-,14-/m1/s1. The minimum absolute atomic E-state index is 0.138. The molecule has 122 valence electrons. The zero-order valence-corrected chi connectivity index (χ0v) is 15.1. The van der Waals surface area contributed by atoms with Gasteiger partial charge in [0.1, 0.15) is 0 Å². The summed E-state index contributed by atoms with van der Waals surface area (Å²) in [7, 11) is 1.33. The number of ether oxygens (including phenoxy) is 2. The normalized spacial score (nSPS) is 26.7. The molecular formula is C17H26O4Si. The summed E-state index contributed by atoms with van der Waals surface area (Å²) in [5.41, 5.74) is 0.554. The Hall–Kier alpha value is -1.36. The molecule has 0 saturated heterocycles. The van der Waals surface area contributed by atoms with Crippen molar-refractivity contribution in [2.75, 3.05) is 14.2 Å². The van der Waals surface area contributed by atoms with Crippen LogP contribution >= 0.6 is 0 Å². The highest BCUT2D eigenvalue weighted by molar-refractivity contribution is 6.78. The highest BCUT2D eigenvalue weighted by Crippen LogP contribution is 2.50. The van der Waals surface area contributed by atoms with Crippen molar-refractivity contribution < 1.29 is 19.1 Å². The molecule has 2 atom stereocenters. The molecule has 2 aliphatic carbocycles. The molecule has 2 aliphatic rings. The van der Waals surface area contributed by atoms with Crippen LogP contribution < -0.4 is 0 Å². The van der Waals surface area contributed by atoms with Crippen LogP contribution in [0.4, 0.5) is 0 Å². The van der Waals surface area contributed by atoms with Crippen LogP contribution in [0.25, 0.3) is 0 Å². The van der Waals surface area contributed by atoms with Crippen molar-refractivity contribution in [2.45, 2.75) is 44.4 Å². The first-order valence-corrected chi connectivity index (χ1v) is 11.4. The number of methoxy groups -OCH3 is 2. The maximum atomic E-state index is 12.3. The molecule has 0 unspecified atom stereocenters. The van der Waals surface area contributed by atoms with E-state index in [1.54, 1.807) is 0 Å². The molecular weight excluding hydrogens is 296 g/mol. The molecule has 0 bridgehead atoms. The van der Waals surface area contributed by atoms with E-state index in [0.29, 0.717) is 18.4 Å². The summed E-state index contributed by atoms with van der Waals surface area (Å²) in [6.07, 6.45) is 8.61. The second kappa shape index (κ2) is 6.03. The van der Waals surface area contributed by atoms with Crippen molar-refractivity contribution >= 4 is 20.0 Å². The number of hydrogen-bond donors (Lipinski definition) is 0. The summed E-state index contributed by atoms with van der Waals surface area (Å²) in [5, 5.41) is 0. The Bertz CT molecular complexity index is 511. The van der Waals surface area contributed by atoms with Crippen LogP contribution in [0.3, 0.4) is 0 Å². The van der Waals surface area contributed by atoms with Crippen LogP contribution in [0, 0.1) is 11.3 Å². The van der Waals surface area contributed by atoms with Crippen molar-refractivity contribution in [3.05, 3.63) is 23.8 Å². The molecule has 0 amide bonds. The molecule has 0 N–H and O–H groups in total. The molecule has 0 spiro atoms. The Morgan fingerprint density at radius 1 is 1.18 bits per heavy atom. The average molecular weight is 322 g/mol. The molecule has 22 heavy (non-hydrogen) atoms. The van der Waals surface area contributed by atoms with Gasteiger partial charge in [-0.2, -0.15) is 0 Å². The van der Waals surface area contributed by atoms with Crippen LogP contribution in [0.5, 0.6) is 0 Å². The zero-order chi connectivity index (χ0) is 16.5. The van der Waals surface area contributed by atoms with Crippen LogP contribution in [0.15, 0.2) is 23.8 Å². The summed E-state index contributed by atoms with van der Waals surface area (Å²) in [4.78, 5) is 24.6. The van der Waals surface area contributed by atoms with Crippen molar-refractivity contribution in [1.82, 2.24) is 0 Å². The van der Waals surface area contributed by atoms with E-state index in [0.717, 1.165) is 6.42 Å². The van der Waals surface area contributed by atoms with Crippen LogP contribution in [-0.4, -0.2) is 34.2 Å². The van der Waals surface area contributed by atoms with Gasteiger partial charge in [-0.05, 0) is 30.7 Å². The molecule has 1 saturated carbocycles. The number of fused-ring (bicyclic) bond motifs is 1. The lowest BCUT2D eigenvalue weighted by Gasteiger charge is -2.26. The zero-order valence-electron chi connectivity index (χ0n) is 14.1. The second-order valence-corrected chi connectivity index (χ2v) is 12.9. The van der Waals surface area contributed by atoms with E-state index in [-0.39, 0.29) is 5.92 Å². The summed E-state index contributed by atoms with van der Waals surface area (Å²) < 4.78 is 9.82. The van der Waals surface area contributed by atoms with Gasteiger partial charge in [0, 0.05) is 0 Å². The molecule has 0 aromatic heterocycles. The maximum absolute atomic E-state index is 12.3. The minimum Gasteiger partial charge on any atom is -0.468 e. The fraction of sp³-hybridized carbons (Fsp3) is 0.647. The lowest BCUT2D eigenvalue weighted by Crippen LogP contribution is -2.39. The molecule has 5 heteroatoms. The van der Waals surface area contributed by atoms with Crippen molar-refractivity contribution in [3.8, 4) is 0 Å². The van der Waals surface area contributed by atoms with Gasteiger partial charge >= 0.3 is 11.9 Å². The lowest BCUT2D eigenvalue weighted by atomic mass is 9.85. The summed E-state index contributed by atoms with van der Waals surface area (Å²) in [6, 6.07) is 0. The number of hydrogen-bond acceptors (Lipinski definition) is 4. The van der Waals surface area contributed by atoms with E-state index in [1.165, 1.54) is 19.8 Å². The van der Waals surface area contributed by atoms with Crippen molar-refractivity contribution in [3.63, 3.8) is 0 Å². The van der Waals surface area contributed by atoms with Gasteiger partial charge in [0.05, 0.1) is 22.3 Å². The predicted octanol–water partition coefficient (Wildman–Crippen LogP) is 3.32. The van der Waals surface area contributed by atoms with E-state index in [1.807, 2.05) is 0 Å². The predicted molar refractivity (Wildman–Crippen MR) is 88.1 cm³/mol. The fourth-order valence-electron chi connectivity index (χ4n) is 3.54. The first-order valence-electron chi connectivity index (χ1n) is 7.78. The van der Waals surface area contributed by atoms with Gasteiger partial charge in [0.15, 0.2) is 5.41 Å². The van der Waals surface area contributed by atoms with E-state index in [9.17, 15) is 9.59 Å². The quantitative estimate of drug-likeness (QED) is 0.346. The van der Waals surface area contributed by atoms with Crippen molar-refractivity contribution in [1.29, 1.82) is 0 Å². The van der Waals surface area contributed by atoms with E-state index < -0.39 is 25.4 Å². The van der Waals surface area contributed by atoms with Gasteiger partial charge in [-0.15, -0.1) is 0 Å². The number of rotatable bonds is 3. The van der Waals surface area contributed by atoms with E-state index >= 15 is 0 Å². The topological polar surface area (TPSA) is 52.6 Å². The molecule has 0 heterocycles. The summed E-state index contributed by atoms with van der Waals surface area (Å²) in [6.45, 7) is 7.06. The first-order chi connectivity index (χ1) is 10.2.